The zero-order valence-electron chi connectivity index (χ0n) is 13.8. The van der Waals surface area contributed by atoms with Crippen LogP contribution in [0.3, 0.4) is 0 Å². The molecule has 3 rings (SSSR count). The van der Waals surface area contributed by atoms with Gasteiger partial charge in [0, 0.05) is 22.6 Å². The number of hydrogen-bond acceptors (Lipinski definition) is 5. The van der Waals surface area contributed by atoms with Crippen LogP contribution in [0, 0.1) is 0 Å². The van der Waals surface area contributed by atoms with Gasteiger partial charge in [-0.25, -0.2) is 8.42 Å². The number of hydrogen-bond donors (Lipinski definition) is 0. The van der Waals surface area contributed by atoms with Crippen LogP contribution in [0.2, 0.25) is 0 Å². The van der Waals surface area contributed by atoms with Gasteiger partial charge in [-0.1, -0.05) is 22.0 Å². The lowest BCUT2D eigenvalue weighted by Crippen LogP contribution is -2.30. The summed E-state index contributed by atoms with van der Waals surface area (Å²) in [5.74, 6) is -0.503. The molecular formula is C18H15BrN2O4S. The molecule has 1 aromatic carbocycles. The van der Waals surface area contributed by atoms with Crippen LogP contribution in [0.25, 0.3) is 0 Å². The van der Waals surface area contributed by atoms with Gasteiger partial charge in [0.1, 0.15) is 0 Å². The van der Waals surface area contributed by atoms with Crippen LogP contribution in [0.15, 0.2) is 74.8 Å². The van der Waals surface area contributed by atoms with Crippen LogP contribution >= 0.6 is 15.9 Å². The molecule has 0 fully saturated rings. The molecule has 2 aromatic heterocycles. The summed E-state index contributed by atoms with van der Waals surface area (Å²) in [7, 11) is -3.53. The minimum absolute atomic E-state index is 0.0516. The van der Waals surface area contributed by atoms with Gasteiger partial charge in [0.05, 0.1) is 12.2 Å². The van der Waals surface area contributed by atoms with Gasteiger partial charge in [-0.05, 0) is 48.5 Å². The van der Waals surface area contributed by atoms with Gasteiger partial charge in [0.2, 0.25) is 14.9 Å². The van der Waals surface area contributed by atoms with Crippen LogP contribution in [0.1, 0.15) is 16.2 Å². The molecule has 0 saturated carbocycles. The molecule has 6 nitrogen and oxygen atoms in total. The maximum absolute atomic E-state index is 13.0. The molecule has 0 aliphatic carbocycles. The molecule has 0 N–H and O–H groups in total. The Morgan fingerprint density at radius 2 is 1.85 bits per heavy atom. The van der Waals surface area contributed by atoms with E-state index in [9.17, 15) is 13.2 Å². The Morgan fingerprint density at radius 1 is 1.12 bits per heavy atom. The monoisotopic (exact) mass is 434 g/mol. The maximum atomic E-state index is 13.0. The molecule has 1 amide bonds. The third kappa shape index (κ3) is 4.20. The van der Waals surface area contributed by atoms with Crippen molar-refractivity contribution in [1.82, 2.24) is 4.98 Å². The van der Waals surface area contributed by atoms with E-state index in [1.807, 2.05) is 24.3 Å². The number of sulfone groups is 1. The predicted octanol–water partition coefficient (Wildman–Crippen LogP) is 3.69. The molecule has 3 aromatic rings. The van der Waals surface area contributed by atoms with Gasteiger partial charge in [0.25, 0.3) is 5.91 Å². The highest BCUT2D eigenvalue weighted by Gasteiger charge is 2.23. The van der Waals surface area contributed by atoms with E-state index in [-0.39, 0.29) is 17.4 Å². The molecule has 0 aliphatic heterocycles. The summed E-state index contributed by atoms with van der Waals surface area (Å²) in [6.07, 6.45) is 2.68. The van der Waals surface area contributed by atoms with Crippen molar-refractivity contribution in [2.24, 2.45) is 0 Å². The van der Waals surface area contributed by atoms with Crippen molar-refractivity contribution in [3.63, 3.8) is 0 Å². The number of pyridine rings is 1. The Hall–Kier alpha value is -2.45. The maximum Gasteiger partial charge on any atom is 0.294 e. The lowest BCUT2D eigenvalue weighted by Gasteiger charge is -2.21. The number of benzene rings is 1. The van der Waals surface area contributed by atoms with E-state index in [1.54, 1.807) is 24.4 Å². The fourth-order valence-electron chi connectivity index (χ4n) is 2.32. The van der Waals surface area contributed by atoms with Gasteiger partial charge in [-0.2, -0.15) is 0 Å². The van der Waals surface area contributed by atoms with E-state index in [4.69, 9.17) is 4.42 Å². The first-order chi connectivity index (χ1) is 12.3. The van der Waals surface area contributed by atoms with E-state index in [1.165, 1.54) is 17.0 Å². The van der Waals surface area contributed by atoms with E-state index in [0.29, 0.717) is 11.4 Å². The van der Waals surface area contributed by atoms with Crippen LogP contribution in [-0.2, 0) is 16.4 Å². The first kappa shape index (κ1) is 18.3. The topological polar surface area (TPSA) is 80.5 Å². The second-order valence-corrected chi connectivity index (χ2v) is 8.44. The van der Waals surface area contributed by atoms with E-state index in [0.717, 1.165) is 10.7 Å². The molecule has 8 heteroatoms. The third-order valence-electron chi connectivity index (χ3n) is 3.59. The molecule has 0 bridgehead atoms. The molecular weight excluding hydrogens is 420 g/mol. The second-order valence-electron chi connectivity index (χ2n) is 5.58. The molecule has 0 atom stereocenters. The number of nitrogens with zero attached hydrogens (tertiary/aromatic N) is 2. The van der Waals surface area contributed by atoms with Crippen molar-refractivity contribution >= 4 is 37.4 Å². The second kappa shape index (κ2) is 7.43. The van der Waals surface area contributed by atoms with Gasteiger partial charge in [-0.15, -0.1) is 0 Å². The van der Waals surface area contributed by atoms with Gasteiger partial charge in [0.15, 0.2) is 5.76 Å². The SMILES string of the molecule is CS(=O)(=O)c1ccc(C(=O)N(Cc2ccccn2)c2ccc(Br)cc2)o1. The molecule has 134 valence electrons. The fourth-order valence-corrected chi connectivity index (χ4v) is 3.14. The minimum atomic E-state index is -3.53. The summed E-state index contributed by atoms with van der Waals surface area (Å²) in [6.45, 7) is 0.218. The summed E-state index contributed by atoms with van der Waals surface area (Å²) >= 11 is 3.37. The molecule has 0 saturated heterocycles. The number of anilines is 1. The van der Waals surface area contributed by atoms with Crippen molar-refractivity contribution in [3.05, 3.63) is 76.7 Å². The third-order valence-corrected chi connectivity index (χ3v) is 5.07. The Bertz CT molecular complexity index is 1010. The number of amides is 1. The number of halogens is 1. The largest absolute Gasteiger partial charge is 0.440 e. The quantitative estimate of drug-likeness (QED) is 0.611. The molecule has 0 aliphatic rings. The average Bonchev–Trinajstić information content (AvgIpc) is 3.11. The van der Waals surface area contributed by atoms with E-state index >= 15 is 0 Å². The number of carbonyl (C=O) groups excluding carboxylic acids is 1. The van der Waals surface area contributed by atoms with Gasteiger partial charge < -0.3 is 4.42 Å². The number of furan rings is 1. The number of carbonyl (C=O) groups is 1. The van der Waals surface area contributed by atoms with Crippen LogP contribution in [-0.4, -0.2) is 25.6 Å². The summed E-state index contributed by atoms with van der Waals surface area (Å²) in [5, 5.41) is -0.241. The lowest BCUT2D eigenvalue weighted by atomic mass is 10.2. The van der Waals surface area contributed by atoms with E-state index in [2.05, 4.69) is 20.9 Å². The number of rotatable bonds is 5. The normalized spacial score (nSPS) is 11.3. The summed E-state index contributed by atoms with van der Waals surface area (Å²) in [6, 6.07) is 15.3. The van der Waals surface area contributed by atoms with Crippen molar-refractivity contribution in [3.8, 4) is 0 Å². The molecule has 26 heavy (non-hydrogen) atoms. The molecule has 2 heterocycles. The van der Waals surface area contributed by atoms with Gasteiger partial charge >= 0.3 is 0 Å². The van der Waals surface area contributed by atoms with Crippen LogP contribution in [0.4, 0.5) is 5.69 Å². The van der Waals surface area contributed by atoms with Gasteiger partial charge in [-0.3, -0.25) is 14.7 Å². The Labute approximate surface area is 159 Å². The Kier molecular flexibility index (Phi) is 5.24. The van der Waals surface area contributed by atoms with E-state index < -0.39 is 15.7 Å². The Balaban J connectivity index is 1.98. The Morgan fingerprint density at radius 3 is 2.42 bits per heavy atom. The zero-order valence-corrected chi connectivity index (χ0v) is 16.2. The zero-order chi connectivity index (χ0) is 18.7. The highest BCUT2D eigenvalue weighted by atomic mass is 79.9. The standard InChI is InChI=1S/C18H15BrN2O4S/c1-26(23,24)17-10-9-16(25-17)18(22)21(12-14-4-2-3-11-20-14)15-7-5-13(19)6-8-15/h2-11H,12H2,1H3. The summed E-state index contributed by atoms with van der Waals surface area (Å²) in [4.78, 5) is 18.7. The molecule has 0 spiro atoms. The van der Waals surface area contributed by atoms with Crippen molar-refractivity contribution < 1.29 is 17.6 Å². The smallest absolute Gasteiger partial charge is 0.294 e. The first-order valence-electron chi connectivity index (χ1n) is 7.62. The minimum Gasteiger partial charge on any atom is -0.440 e. The van der Waals surface area contributed by atoms with Crippen molar-refractivity contribution in [2.45, 2.75) is 11.6 Å². The first-order valence-corrected chi connectivity index (χ1v) is 10.3. The summed E-state index contributed by atoms with van der Waals surface area (Å²) in [5.41, 5.74) is 1.33. The van der Waals surface area contributed by atoms with Crippen LogP contribution < -0.4 is 4.90 Å². The molecule has 0 radical (unpaired) electrons. The summed E-state index contributed by atoms with van der Waals surface area (Å²) < 4.78 is 29.4. The highest BCUT2D eigenvalue weighted by Crippen LogP contribution is 2.24. The lowest BCUT2D eigenvalue weighted by molar-refractivity contribution is 0.0953. The van der Waals surface area contributed by atoms with Crippen LogP contribution in [0.5, 0.6) is 0 Å². The fraction of sp³-hybridized carbons (Fsp3) is 0.111. The van der Waals surface area contributed by atoms with Crippen molar-refractivity contribution in [2.75, 3.05) is 11.2 Å². The molecule has 0 unspecified atom stereocenters. The number of aromatic nitrogens is 1. The van der Waals surface area contributed by atoms with Crippen molar-refractivity contribution in [1.29, 1.82) is 0 Å². The highest BCUT2D eigenvalue weighted by molar-refractivity contribution is 9.10. The average molecular weight is 435 g/mol. The predicted molar refractivity (Wildman–Crippen MR) is 101 cm³/mol.